The van der Waals surface area contributed by atoms with Crippen molar-refractivity contribution in [2.24, 2.45) is 0 Å². The molecule has 0 radical (unpaired) electrons. The lowest BCUT2D eigenvalue weighted by molar-refractivity contribution is -0.885. The molecule has 132 valence electrons. The minimum Gasteiger partial charge on any atom is -0.453 e. The Morgan fingerprint density at radius 3 is 2.21 bits per heavy atom. The number of imide groups is 1. The van der Waals surface area contributed by atoms with Crippen LogP contribution in [-0.2, 0) is 14.3 Å². The molecule has 1 rings (SSSR count). The van der Waals surface area contributed by atoms with Crippen LogP contribution in [0.2, 0.25) is 0 Å². The topological polar surface area (TPSA) is 88.9 Å². The average Bonchev–Trinajstić information content (AvgIpc) is 2.49. The van der Waals surface area contributed by atoms with Crippen molar-refractivity contribution in [3.63, 3.8) is 0 Å². The first-order chi connectivity index (χ1) is 11.1. The predicted octanol–water partition coefficient (Wildman–Crippen LogP) is 0.336. The summed E-state index contributed by atoms with van der Waals surface area (Å²) in [5, 5.41) is 5.00. The van der Waals surface area contributed by atoms with Crippen LogP contribution in [0.3, 0.4) is 0 Å². The number of rotatable bonds is 5. The number of carbonyl (C=O) groups is 3. The summed E-state index contributed by atoms with van der Waals surface area (Å²) in [6.07, 6.45) is -0.810. The molecule has 0 bridgehead atoms. The Morgan fingerprint density at radius 2 is 1.71 bits per heavy atom. The van der Waals surface area contributed by atoms with Gasteiger partial charge in [-0.2, -0.15) is 0 Å². The van der Waals surface area contributed by atoms with Crippen molar-refractivity contribution < 1.29 is 24.0 Å². The first-order valence-electron chi connectivity index (χ1n) is 7.74. The van der Waals surface area contributed by atoms with E-state index in [0.717, 1.165) is 22.4 Å². The summed E-state index contributed by atoms with van der Waals surface area (Å²) in [5.74, 6) is -0.685. The Bertz CT molecular complexity index is 620. The van der Waals surface area contributed by atoms with Gasteiger partial charge in [0.1, 0.15) is 0 Å². The highest BCUT2D eigenvalue weighted by Gasteiger charge is 2.25. The number of methoxy groups -OCH3 is 1. The fourth-order valence-electron chi connectivity index (χ4n) is 2.45. The van der Waals surface area contributed by atoms with E-state index in [1.165, 1.54) is 7.11 Å². The van der Waals surface area contributed by atoms with E-state index in [1.807, 2.05) is 32.9 Å². The molecule has 0 aliphatic heterocycles. The molecule has 2 atom stereocenters. The quantitative estimate of drug-likeness (QED) is 0.723. The third kappa shape index (κ3) is 5.34. The fraction of sp³-hybridized carbons (Fsp3) is 0.471. The van der Waals surface area contributed by atoms with Gasteiger partial charge in [-0.1, -0.05) is 17.7 Å². The molecule has 0 saturated heterocycles. The molecule has 0 saturated carbocycles. The van der Waals surface area contributed by atoms with Gasteiger partial charge in [-0.25, -0.2) is 4.79 Å². The van der Waals surface area contributed by atoms with Crippen molar-refractivity contribution in [3.8, 4) is 0 Å². The zero-order valence-electron chi connectivity index (χ0n) is 15.1. The van der Waals surface area contributed by atoms with E-state index < -0.39 is 18.0 Å². The van der Waals surface area contributed by atoms with Crippen LogP contribution in [0.1, 0.15) is 23.6 Å². The monoisotopic (exact) mass is 336 g/mol. The van der Waals surface area contributed by atoms with Gasteiger partial charge in [-0.05, 0) is 38.8 Å². The lowest BCUT2D eigenvalue weighted by atomic mass is 10.1. The SMILES string of the molecule is COC(=O)NC(=O)[C@@H](C)[NH+](C)CC(=O)Nc1c(C)cc(C)cc1C. The molecule has 3 N–H and O–H groups in total. The number of hydrogen-bond acceptors (Lipinski definition) is 4. The van der Waals surface area contributed by atoms with Crippen LogP contribution < -0.4 is 15.5 Å². The van der Waals surface area contributed by atoms with Crippen molar-refractivity contribution in [1.82, 2.24) is 5.32 Å². The predicted molar refractivity (Wildman–Crippen MR) is 91.0 cm³/mol. The number of aryl methyl sites for hydroxylation is 3. The molecular formula is C17H26N3O4+. The van der Waals surface area contributed by atoms with Gasteiger partial charge in [-0.15, -0.1) is 0 Å². The standard InChI is InChI=1S/C17H25N3O4/c1-10-7-11(2)15(12(3)8-10)18-14(21)9-20(5)13(4)16(22)19-17(23)24-6/h7-8,13H,9H2,1-6H3,(H,18,21)(H,19,22,23)/p+1/t13-/m1/s1. The number of amides is 3. The van der Waals surface area contributed by atoms with E-state index in [-0.39, 0.29) is 12.5 Å². The zero-order valence-corrected chi connectivity index (χ0v) is 15.1. The largest absolute Gasteiger partial charge is 0.453 e. The highest BCUT2D eigenvalue weighted by atomic mass is 16.5. The second kappa shape index (κ2) is 8.44. The number of carbonyl (C=O) groups excluding carboxylic acids is 3. The Hall–Kier alpha value is -2.41. The van der Waals surface area contributed by atoms with E-state index >= 15 is 0 Å². The molecule has 1 aromatic rings. The normalized spacial score (nSPS) is 12.9. The summed E-state index contributed by atoms with van der Waals surface area (Å²) in [6.45, 7) is 7.63. The van der Waals surface area contributed by atoms with Gasteiger partial charge in [0.25, 0.3) is 11.8 Å². The summed E-state index contributed by atoms with van der Waals surface area (Å²) < 4.78 is 4.39. The number of quaternary nitrogens is 1. The Morgan fingerprint density at radius 1 is 1.17 bits per heavy atom. The zero-order chi connectivity index (χ0) is 18.4. The molecule has 0 aliphatic rings. The highest BCUT2D eigenvalue weighted by Crippen LogP contribution is 2.21. The molecular weight excluding hydrogens is 310 g/mol. The van der Waals surface area contributed by atoms with Crippen LogP contribution in [-0.4, -0.2) is 44.7 Å². The van der Waals surface area contributed by atoms with Gasteiger partial charge in [0.15, 0.2) is 12.6 Å². The van der Waals surface area contributed by atoms with Crippen LogP contribution in [0.4, 0.5) is 10.5 Å². The second-order valence-electron chi connectivity index (χ2n) is 6.05. The number of anilines is 1. The molecule has 1 aromatic carbocycles. The first-order valence-corrected chi connectivity index (χ1v) is 7.74. The maximum atomic E-state index is 12.3. The van der Waals surface area contributed by atoms with E-state index in [1.54, 1.807) is 14.0 Å². The van der Waals surface area contributed by atoms with E-state index in [9.17, 15) is 14.4 Å². The van der Waals surface area contributed by atoms with Crippen LogP contribution in [0.5, 0.6) is 0 Å². The third-order valence-corrected chi connectivity index (χ3v) is 3.92. The van der Waals surface area contributed by atoms with Crippen LogP contribution in [0.15, 0.2) is 12.1 Å². The van der Waals surface area contributed by atoms with Crippen LogP contribution in [0, 0.1) is 20.8 Å². The lowest BCUT2D eigenvalue weighted by Crippen LogP contribution is -3.15. The summed E-state index contributed by atoms with van der Waals surface area (Å²) in [6, 6.07) is 3.44. The molecule has 1 unspecified atom stereocenters. The molecule has 7 nitrogen and oxygen atoms in total. The van der Waals surface area contributed by atoms with Crippen molar-refractivity contribution in [3.05, 3.63) is 28.8 Å². The maximum Gasteiger partial charge on any atom is 0.413 e. The smallest absolute Gasteiger partial charge is 0.413 e. The molecule has 0 spiro atoms. The van der Waals surface area contributed by atoms with Crippen LogP contribution in [0.25, 0.3) is 0 Å². The summed E-state index contributed by atoms with van der Waals surface area (Å²) in [4.78, 5) is 35.9. The van der Waals surface area contributed by atoms with Gasteiger partial charge in [-0.3, -0.25) is 14.9 Å². The van der Waals surface area contributed by atoms with Gasteiger partial charge >= 0.3 is 6.09 Å². The van der Waals surface area contributed by atoms with E-state index in [4.69, 9.17) is 0 Å². The second-order valence-corrected chi connectivity index (χ2v) is 6.05. The summed E-state index contributed by atoms with van der Waals surface area (Å²) in [5.41, 5.74) is 3.92. The molecule has 0 fully saturated rings. The average molecular weight is 336 g/mol. The maximum absolute atomic E-state index is 12.3. The molecule has 3 amide bonds. The fourth-order valence-corrected chi connectivity index (χ4v) is 2.45. The van der Waals surface area contributed by atoms with Gasteiger partial charge in [0.2, 0.25) is 0 Å². The summed E-state index contributed by atoms with van der Waals surface area (Å²) in [7, 11) is 2.90. The number of nitrogens with one attached hydrogen (secondary N) is 3. The molecule has 24 heavy (non-hydrogen) atoms. The van der Waals surface area contributed by atoms with E-state index in [0.29, 0.717) is 4.90 Å². The molecule has 0 aliphatic carbocycles. The number of ether oxygens (including phenoxy) is 1. The number of alkyl carbamates (subject to hydrolysis) is 1. The third-order valence-electron chi connectivity index (χ3n) is 3.92. The van der Waals surface area contributed by atoms with Crippen molar-refractivity contribution in [1.29, 1.82) is 0 Å². The van der Waals surface area contributed by atoms with Gasteiger partial charge < -0.3 is 15.0 Å². The Kier molecular flexibility index (Phi) is 6.91. The number of benzene rings is 1. The van der Waals surface area contributed by atoms with Crippen molar-refractivity contribution in [2.45, 2.75) is 33.7 Å². The molecule has 0 aromatic heterocycles. The van der Waals surface area contributed by atoms with Gasteiger partial charge in [0.05, 0.1) is 14.2 Å². The Labute approximate surface area is 142 Å². The van der Waals surface area contributed by atoms with Gasteiger partial charge in [0, 0.05) is 5.69 Å². The number of likely N-dealkylation sites (N-methyl/N-ethyl adjacent to an activating group) is 1. The Balaban J connectivity index is 2.68. The summed E-state index contributed by atoms with van der Waals surface area (Å²) >= 11 is 0. The molecule has 0 heterocycles. The van der Waals surface area contributed by atoms with Crippen molar-refractivity contribution >= 4 is 23.6 Å². The first kappa shape index (κ1) is 19.6. The van der Waals surface area contributed by atoms with Crippen LogP contribution >= 0.6 is 0 Å². The minimum absolute atomic E-state index is 0.0997. The van der Waals surface area contributed by atoms with E-state index in [2.05, 4.69) is 15.4 Å². The van der Waals surface area contributed by atoms with Crippen molar-refractivity contribution in [2.75, 3.05) is 26.0 Å². The lowest BCUT2D eigenvalue weighted by Gasteiger charge is -2.20. The highest BCUT2D eigenvalue weighted by molar-refractivity contribution is 5.95. The molecule has 7 heteroatoms. The number of hydrogen-bond donors (Lipinski definition) is 3. The minimum atomic E-state index is -0.810.